The number of carbonyl (C=O) groups excluding carboxylic acids is 1. The van der Waals surface area contributed by atoms with Crippen LogP contribution in [0.4, 0.5) is 0 Å². The molecule has 5 aromatic rings. The van der Waals surface area contributed by atoms with Crippen molar-refractivity contribution in [1.29, 1.82) is 0 Å². The maximum atomic E-state index is 11.7. The zero-order valence-electron chi connectivity index (χ0n) is 25.4. The van der Waals surface area contributed by atoms with Crippen molar-refractivity contribution in [2.45, 2.75) is 66.5 Å². The van der Waals surface area contributed by atoms with Crippen LogP contribution in [0.1, 0.15) is 53.4 Å². The topological polar surface area (TPSA) is 63.3 Å². The third-order valence-corrected chi connectivity index (χ3v) is 12.4. The monoisotopic (exact) mass is 755 g/mol. The summed E-state index contributed by atoms with van der Waals surface area (Å²) in [4.78, 5) is 16.7. The summed E-state index contributed by atoms with van der Waals surface area (Å²) in [6.45, 7) is 12.9. The molecule has 4 nitrogen and oxygen atoms in total. The summed E-state index contributed by atoms with van der Waals surface area (Å²) < 4.78 is 6.18. The van der Waals surface area contributed by atoms with Gasteiger partial charge in [0.05, 0.1) is 11.3 Å². The van der Waals surface area contributed by atoms with E-state index in [1.54, 1.807) is 0 Å². The van der Waals surface area contributed by atoms with E-state index < -0.39 is 8.07 Å². The first-order valence-corrected chi connectivity index (χ1v) is 18.0. The fourth-order valence-corrected chi connectivity index (χ4v) is 9.75. The summed E-state index contributed by atoms with van der Waals surface area (Å²) in [5.41, 5.74) is 4.04. The fourth-order valence-electron chi connectivity index (χ4n) is 6.41. The minimum absolute atomic E-state index is 0. The minimum atomic E-state index is -2.00. The van der Waals surface area contributed by atoms with Crippen molar-refractivity contribution in [3.63, 3.8) is 0 Å². The van der Waals surface area contributed by atoms with Crippen molar-refractivity contribution in [2.75, 3.05) is 0 Å². The molecule has 1 N–H and O–H groups in total. The maximum absolute atomic E-state index is 11.7. The number of hydrogen-bond donors (Lipinski definition) is 1. The number of ketones is 1. The molecule has 42 heavy (non-hydrogen) atoms. The van der Waals surface area contributed by atoms with Crippen LogP contribution in [0.15, 0.2) is 77.0 Å². The number of hydrogen-bond acceptors (Lipinski definition) is 4. The molecule has 221 valence electrons. The first-order valence-electron chi connectivity index (χ1n) is 15.0. The molecule has 0 unspecified atom stereocenters. The molecule has 0 amide bonds. The van der Waals surface area contributed by atoms with E-state index in [4.69, 9.17) is 9.40 Å². The Balaban J connectivity index is 0.000000221. The van der Waals surface area contributed by atoms with Crippen LogP contribution in [0.25, 0.3) is 44.0 Å². The van der Waals surface area contributed by atoms with Gasteiger partial charge < -0.3 is 14.5 Å². The van der Waals surface area contributed by atoms with Gasteiger partial charge in [-0.25, -0.2) is 0 Å². The van der Waals surface area contributed by atoms with Crippen molar-refractivity contribution < 1.29 is 34.4 Å². The van der Waals surface area contributed by atoms with Gasteiger partial charge in [-0.15, -0.1) is 17.7 Å². The average Bonchev–Trinajstić information content (AvgIpc) is 3.33. The number of allylic oxidation sites excluding steroid dienone is 2. The average molecular weight is 755 g/mol. The smallest absolute Gasteiger partial charge is 0.162 e. The Morgan fingerprint density at radius 2 is 1.60 bits per heavy atom. The van der Waals surface area contributed by atoms with E-state index in [1.165, 1.54) is 38.0 Å². The second kappa shape index (κ2) is 13.1. The van der Waals surface area contributed by atoms with E-state index in [1.807, 2.05) is 46.0 Å². The number of nitrogens with zero attached hydrogens (tertiary/aromatic N) is 1. The van der Waals surface area contributed by atoms with Crippen LogP contribution in [0.3, 0.4) is 0 Å². The van der Waals surface area contributed by atoms with Crippen LogP contribution in [0, 0.1) is 17.9 Å². The zero-order chi connectivity index (χ0) is 29.3. The second-order valence-corrected chi connectivity index (χ2v) is 15.9. The molecule has 0 saturated carbocycles. The number of fused-ring (bicyclic) bond motifs is 4. The summed E-state index contributed by atoms with van der Waals surface area (Å²) >= 11 is 0. The van der Waals surface area contributed by atoms with Crippen molar-refractivity contribution in [3.05, 3.63) is 78.7 Å². The zero-order valence-corrected chi connectivity index (χ0v) is 28.8. The van der Waals surface area contributed by atoms with Crippen molar-refractivity contribution in [1.82, 2.24) is 4.98 Å². The molecule has 6 rings (SSSR count). The molecule has 0 spiro atoms. The largest absolute Gasteiger partial charge is 0.512 e. The number of benzene rings is 3. The van der Waals surface area contributed by atoms with E-state index in [9.17, 15) is 9.90 Å². The fraction of sp³-hybridized carbons (Fsp3) is 0.333. The van der Waals surface area contributed by atoms with E-state index in [-0.39, 0.29) is 43.5 Å². The molecule has 0 atom stereocenters. The Morgan fingerprint density at radius 1 is 0.929 bits per heavy atom. The van der Waals surface area contributed by atoms with Crippen LogP contribution < -0.4 is 10.4 Å². The van der Waals surface area contributed by atoms with Gasteiger partial charge in [0.15, 0.2) is 5.78 Å². The molecule has 3 heterocycles. The standard InChI is InChI=1S/C23H16NOSi.C13H24O2.Ir/c1-26(2)19-12-6-11-18-21(19)20-16(9-5-10-17(20)25-18)22-23(26)15-8-4-3-7-14(15)13-24-22;1-5-10(6-2)12(14)9-13(15)11(7-3)8-4;/h3-8,10-13H,1-2H3;9-11,14H,5-8H2,1-4H3;/q-1;;/b;12-9-;. The Morgan fingerprint density at radius 3 is 2.29 bits per heavy atom. The van der Waals surface area contributed by atoms with Crippen molar-refractivity contribution in [3.8, 4) is 11.3 Å². The van der Waals surface area contributed by atoms with Gasteiger partial charge in [0.1, 0.15) is 13.7 Å². The Kier molecular flexibility index (Phi) is 9.92. The van der Waals surface area contributed by atoms with Gasteiger partial charge in [-0.1, -0.05) is 99.0 Å². The Hall–Kier alpha value is -3.05. The molecule has 6 heteroatoms. The number of furan rings is 1. The van der Waals surface area contributed by atoms with Gasteiger partial charge >= 0.3 is 0 Å². The van der Waals surface area contributed by atoms with E-state index >= 15 is 0 Å². The Bertz CT molecular complexity index is 1760. The third kappa shape index (κ3) is 5.53. The molecule has 0 bridgehead atoms. The number of carbonyl (C=O) groups is 1. The predicted molar refractivity (Wildman–Crippen MR) is 174 cm³/mol. The van der Waals surface area contributed by atoms with Crippen molar-refractivity contribution in [2.24, 2.45) is 11.8 Å². The quantitative estimate of drug-likeness (QED) is 0.0783. The van der Waals surface area contributed by atoms with Crippen LogP contribution in [0.2, 0.25) is 13.1 Å². The summed E-state index contributed by atoms with van der Waals surface area (Å²) in [5, 5.41) is 17.5. The van der Waals surface area contributed by atoms with E-state index in [0.717, 1.165) is 48.1 Å². The van der Waals surface area contributed by atoms with Gasteiger partial charge in [-0.2, -0.15) is 0 Å². The van der Waals surface area contributed by atoms with E-state index in [2.05, 4.69) is 61.6 Å². The number of aliphatic hydroxyl groups is 1. The van der Waals surface area contributed by atoms with E-state index in [0.29, 0.717) is 0 Å². The molecular formula is C36H40IrNO3Si-. The minimum Gasteiger partial charge on any atom is -0.512 e. The predicted octanol–water partition coefficient (Wildman–Crippen LogP) is 8.60. The normalized spacial score (nSPS) is 13.7. The third-order valence-electron chi connectivity index (χ3n) is 8.87. The number of pyridine rings is 1. The molecule has 0 saturated heterocycles. The molecule has 0 aliphatic carbocycles. The second-order valence-electron chi connectivity index (χ2n) is 11.6. The van der Waals surface area contributed by atoms with Crippen LogP contribution in [-0.4, -0.2) is 23.9 Å². The molecular weight excluding hydrogens is 715 g/mol. The summed E-state index contributed by atoms with van der Waals surface area (Å²) in [6.07, 6.45) is 6.90. The van der Waals surface area contributed by atoms with Gasteiger partial charge in [0.25, 0.3) is 0 Å². The summed E-state index contributed by atoms with van der Waals surface area (Å²) in [5.74, 6) is 0.547. The molecule has 1 radical (unpaired) electrons. The molecule has 2 aromatic heterocycles. The summed E-state index contributed by atoms with van der Waals surface area (Å²) in [7, 11) is -2.00. The van der Waals surface area contributed by atoms with Gasteiger partial charge in [0, 0.05) is 44.2 Å². The van der Waals surface area contributed by atoms with Crippen LogP contribution in [0.5, 0.6) is 0 Å². The SMILES string of the molecule is CCC(CC)C(=O)/C=C(\O)C(CC)CC.C[Si]1(C)c2c(ncc3ccccc23)-c2[c-]ccc3oc4cccc1c4c23.[Ir]. The van der Waals surface area contributed by atoms with Crippen molar-refractivity contribution >= 4 is 56.9 Å². The molecule has 1 aliphatic rings. The molecule has 0 fully saturated rings. The van der Waals surface area contributed by atoms with Crippen LogP contribution >= 0.6 is 0 Å². The summed E-state index contributed by atoms with van der Waals surface area (Å²) in [6, 6.07) is 22.6. The van der Waals surface area contributed by atoms with Gasteiger partial charge in [0.2, 0.25) is 0 Å². The number of aliphatic hydroxyl groups excluding tert-OH is 1. The molecule has 1 aliphatic heterocycles. The first kappa shape index (κ1) is 31.9. The number of rotatable bonds is 7. The molecule has 3 aromatic carbocycles. The first-order chi connectivity index (χ1) is 19.8. The van der Waals surface area contributed by atoms with Gasteiger partial charge in [-0.05, 0) is 53.6 Å². The number of aromatic nitrogens is 1. The maximum Gasteiger partial charge on any atom is 0.162 e. The van der Waals surface area contributed by atoms with Crippen LogP contribution in [-0.2, 0) is 24.9 Å². The Labute approximate surface area is 263 Å². The van der Waals surface area contributed by atoms with Gasteiger partial charge in [-0.3, -0.25) is 4.79 Å².